The van der Waals surface area contributed by atoms with Crippen molar-refractivity contribution in [1.82, 2.24) is 0 Å². The number of carbonyl (C=O) groups excluding carboxylic acids is 1. The minimum Gasteiger partial charge on any atom is -0.312 e. The molecule has 0 unspecified atom stereocenters. The lowest BCUT2D eigenvalue weighted by Gasteiger charge is -2.23. The maximum atomic E-state index is 12.6. The number of anilines is 1. The Kier molecular flexibility index (Phi) is 5.13. The third-order valence-electron chi connectivity index (χ3n) is 4.26. The first-order chi connectivity index (χ1) is 9.85. The number of carbonyl (C=O) groups is 1. The van der Waals surface area contributed by atoms with Crippen molar-refractivity contribution in [2.24, 2.45) is 5.92 Å². The summed E-state index contributed by atoms with van der Waals surface area (Å²) >= 11 is 3.70. The Hall–Kier alpha value is -0.830. The van der Waals surface area contributed by atoms with Crippen molar-refractivity contribution in [3.8, 4) is 0 Å². The fourth-order valence-electron chi connectivity index (χ4n) is 3.14. The lowest BCUT2D eigenvalue weighted by atomic mass is 9.99. The molecule has 0 aliphatic carbocycles. The molecular formula is C18H26BrNO. The van der Waals surface area contributed by atoms with E-state index >= 15 is 0 Å². The molecule has 0 aromatic heterocycles. The molecule has 0 atom stereocenters. The zero-order valence-electron chi connectivity index (χ0n) is 13.6. The van der Waals surface area contributed by atoms with Crippen molar-refractivity contribution < 1.29 is 4.79 Å². The van der Waals surface area contributed by atoms with Gasteiger partial charge >= 0.3 is 0 Å². The van der Waals surface area contributed by atoms with Crippen LogP contribution < -0.4 is 4.90 Å². The van der Waals surface area contributed by atoms with Crippen molar-refractivity contribution >= 4 is 27.5 Å². The van der Waals surface area contributed by atoms with Crippen LogP contribution in [0.1, 0.15) is 51.7 Å². The monoisotopic (exact) mass is 351 g/mol. The molecule has 1 aromatic rings. The van der Waals surface area contributed by atoms with Gasteiger partial charge in [-0.05, 0) is 56.7 Å². The Labute approximate surface area is 137 Å². The molecule has 1 heterocycles. The molecule has 0 saturated heterocycles. The number of benzene rings is 1. The summed E-state index contributed by atoms with van der Waals surface area (Å²) < 4.78 is 0.116. The van der Waals surface area contributed by atoms with Crippen molar-refractivity contribution in [3.63, 3.8) is 0 Å². The molecule has 0 fully saturated rings. The van der Waals surface area contributed by atoms with Gasteiger partial charge in [-0.1, -0.05) is 41.9 Å². The van der Waals surface area contributed by atoms with E-state index in [0.717, 1.165) is 37.9 Å². The minimum atomic E-state index is 0.116. The number of rotatable bonds is 5. The Bertz CT molecular complexity index is 514. The van der Waals surface area contributed by atoms with Crippen LogP contribution in [-0.4, -0.2) is 16.8 Å². The zero-order valence-corrected chi connectivity index (χ0v) is 15.2. The van der Waals surface area contributed by atoms with Crippen LogP contribution in [0.5, 0.6) is 0 Å². The average molecular weight is 352 g/mol. The lowest BCUT2D eigenvalue weighted by Crippen LogP contribution is -2.34. The fourth-order valence-corrected chi connectivity index (χ4v) is 3.46. The molecule has 3 heteroatoms. The molecule has 21 heavy (non-hydrogen) atoms. The maximum Gasteiger partial charge on any atom is 0.230 e. The molecule has 2 nitrogen and oxygen atoms in total. The van der Waals surface area contributed by atoms with Gasteiger partial charge in [0.25, 0.3) is 0 Å². The van der Waals surface area contributed by atoms with E-state index in [-0.39, 0.29) is 10.2 Å². The van der Waals surface area contributed by atoms with E-state index in [0.29, 0.717) is 5.91 Å². The van der Waals surface area contributed by atoms with Gasteiger partial charge in [0.1, 0.15) is 0 Å². The molecule has 0 saturated carbocycles. The maximum absolute atomic E-state index is 12.6. The number of fused-ring (bicyclic) bond motifs is 1. The summed E-state index contributed by atoms with van der Waals surface area (Å²) in [6, 6.07) is 6.58. The van der Waals surface area contributed by atoms with Gasteiger partial charge in [-0.2, -0.15) is 0 Å². The van der Waals surface area contributed by atoms with Gasteiger partial charge in [0.2, 0.25) is 5.91 Å². The van der Waals surface area contributed by atoms with E-state index in [4.69, 9.17) is 0 Å². The van der Waals surface area contributed by atoms with Crippen molar-refractivity contribution in [1.29, 1.82) is 0 Å². The second kappa shape index (κ2) is 6.51. The van der Waals surface area contributed by atoms with Gasteiger partial charge in [-0.25, -0.2) is 0 Å². The van der Waals surface area contributed by atoms with Gasteiger partial charge in [0, 0.05) is 22.5 Å². The van der Waals surface area contributed by atoms with E-state index in [1.165, 1.54) is 11.1 Å². The summed E-state index contributed by atoms with van der Waals surface area (Å²) in [6.07, 6.45) is 3.84. The van der Waals surface area contributed by atoms with Gasteiger partial charge in [-0.15, -0.1) is 0 Å². The van der Waals surface area contributed by atoms with Crippen LogP contribution in [-0.2, 0) is 17.6 Å². The summed E-state index contributed by atoms with van der Waals surface area (Å²) in [5.74, 6) is 0.462. The molecule has 2 rings (SSSR count). The molecule has 0 N–H and O–H groups in total. The van der Waals surface area contributed by atoms with E-state index in [9.17, 15) is 4.79 Å². The van der Waals surface area contributed by atoms with Gasteiger partial charge in [-0.3, -0.25) is 4.79 Å². The molecular weight excluding hydrogens is 326 g/mol. The van der Waals surface area contributed by atoms with Gasteiger partial charge < -0.3 is 4.90 Å². The number of hydrogen-bond donors (Lipinski definition) is 0. The molecule has 0 bridgehead atoms. The summed E-state index contributed by atoms with van der Waals surface area (Å²) in [4.78, 5) is 14.6. The number of halogens is 1. The normalized spacial score (nSPS) is 14.7. The second-order valence-electron chi connectivity index (χ2n) is 6.61. The number of amides is 1. The van der Waals surface area contributed by atoms with Crippen LogP contribution in [0.2, 0.25) is 0 Å². The molecule has 1 aliphatic rings. The highest BCUT2D eigenvalue weighted by molar-refractivity contribution is 9.10. The fraction of sp³-hybridized carbons (Fsp3) is 0.611. The summed E-state index contributed by atoms with van der Waals surface area (Å²) in [6.45, 7) is 9.41. The number of hydrogen-bond acceptors (Lipinski definition) is 1. The van der Waals surface area contributed by atoms with Crippen LogP contribution >= 0.6 is 15.9 Å². The highest BCUT2D eigenvalue weighted by atomic mass is 79.9. The Balaban J connectivity index is 2.20. The first-order valence-electron chi connectivity index (χ1n) is 7.97. The van der Waals surface area contributed by atoms with Crippen molar-refractivity contribution in [3.05, 3.63) is 29.3 Å². The Morgan fingerprint density at radius 2 is 2.00 bits per heavy atom. The van der Waals surface area contributed by atoms with Crippen LogP contribution in [0.3, 0.4) is 0 Å². The van der Waals surface area contributed by atoms with Crippen molar-refractivity contribution in [2.45, 2.75) is 57.7 Å². The predicted octanol–water partition coefficient (Wildman–Crippen LogP) is 4.73. The first kappa shape index (κ1) is 16.5. The Morgan fingerprint density at radius 1 is 1.33 bits per heavy atom. The number of nitrogens with zero attached hydrogens (tertiary/aromatic N) is 1. The van der Waals surface area contributed by atoms with Crippen LogP contribution in [0.25, 0.3) is 0 Å². The largest absolute Gasteiger partial charge is 0.312 e. The van der Waals surface area contributed by atoms with Crippen LogP contribution in [0.15, 0.2) is 18.2 Å². The molecule has 116 valence electrons. The predicted molar refractivity (Wildman–Crippen MR) is 93.3 cm³/mol. The van der Waals surface area contributed by atoms with Crippen LogP contribution in [0.4, 0.5) is 5.69 Å². The van der Waals surface area contributed by atoms with Gasteiger partial charge in [0.05, 0.1) is 0 Å². The van der Waals surface area contributed by atoms with E-state index in [1.807, 2.05) is 4.90 Å². The number of alkyl halides is 1. The first-order valence-corrected chi connectivity index (χ1v) is 8.77. The standard InChI is InChI=1S/C18H26BrNO/c1-5-14(6-2)17(21)20-10-9-15-11-13(7-8-16(15)20)12-18(3,4)19/h7-8,11,14H,5-6,9-10,12H2,1-4H3. The van der Waals surface area contributed by atoms with E-state index in [1.54, 1.807) is 0 Å². The second-order valence-corrected chi connectivity index (χ2v) is 8.76. The molecule has 0 spiro atoms. The quantitative estimate of drug-likeness (QED) is 0.702. The minimum absolute atomic E-state index is 0.116. The summed E-state index contributed by atoms with van der Waals surface area (Å²) in [7, 11) is 0. The topological polar surface area (TPSA) is 20.3 Å². The van der Waals surface area contributed by atoms with Gasteiger partial charge in [0.15, 0.2) is 0 Å². The van der Waals surface area contributed by atoms with Crippen LogP contribution in [0, 0.1) is 5.92 Å². The highest BCUT2D eigenvalue weighted by Gasteiger charge is 2.28. The third kappa shape index (κ3) is 3.88. The molecule has 1 aliphatic heterocycles. The van der Waals surface area contributed by atoms with E-state index < -0.39 is 0 Å². The van der Waals surface area contributed by atoms with Crippen molar-refractivity contribution in [2.75, 3.05) is 11.4 Å². The highest BCUT2D eigenvalue weighted by Crippen LogP contribution is 2.32. The summed E-state index contributed by atoms with van der Waals surface area (Å²) in [5, 5.41) is 0. The molecule has 1 amide bonds. The van der Waals surface area contributed by atoms with E-state index in [2.05, 4.69) is 61.8 Å². The molecule has 0 radical (unpaired) electrons. The third-order valence-corrected chi connectivity index (χ3v) is 4.55. The average Bonchev–Trinajstić information content (AvgIpc) is 2.81. The smallest absolute Gasteiger partial charge is 0.230 e. The SMILES string of the molecule is CCC(CC)C(=O)N1CCc2cc(CC(C)(C)Br)ccc21. The Morgan fingerprint density at radius 3 is 2.57 bits per heavy atom. The molecule has 1 aromatic carbocycles. The lowest BCUT2D eigenvalue weighted by molar-refractivity contribution is -0.122. The zero-order chi connectivity index (χ0) is 15.6. The summed E-state index contributed by atoms with van der Waals surface area (Å²) in [5.41, 5.74) is 3.79.